The molecule has 0 spiro atoms. The topological polar surface area (TPSA) is 125 Å². The van der Waals surface area contributed by atoms with Crippen LogP contribution in [-0.4, -0.2) is 18.0 Å². The number of amides is 2. The van der Waals surface area contributed by atoms with Crippen LogP contribution in [0.3, 0.4) is 0 Å². The molecule has 9 heteroatoms. The lowest BCUT2D eigenvalue weighted by atomic mass is 9.96. The molecular weight excluding hydrogens is 404 g/mol. The number of rotatable bonds is 3. The number of carbonyl (C=O) groups excluding carboxylic acids is 2. The van der Waals surface area contributed by atoms with Crippen LogP contribution >= 0.6 is 11.3 Å². The fourth-order valence-electron chi connectivity index (χ4n) is 3.33. The number of carbonyl (C=O) groups is 2. The van der Waals surface area contributed by atoms with Gasteiger partial charge in [0.1, 0.15) is 22.9 Å². The molecule has 2 heterocycles. The molecule has 0 atom stereocenters. The molecule has 30 heavy (non-hydrogen) atoms. The van der Waals surface area contributed by atoms with Crippen LogP contribution in [0.15, 0.2) is 44.8 Å². The van der Waals surface area contributed by atoms with E-state index in [1.54, 1.807) is 24.3 Å². The molecule has 1 aliphatic carbocycles. The highest BCUT2D eigenvalue weighted by atomic mass is 32.1. The molecule has 0 saturated carbocycles. The van der Waals surface area contributed by atoms with Crippen LogP contribution in [0.4, 0.5) is 5.00 Å². The first-order valence-corrected chi connectivity index (χ1v) is 10.1. The maximum atomic E-state index is 12.4. The van der Waals surface area contributed by atoms with E-state index in [0.717, 1.165) is 42.3 Å². The number of fused-ring (bicyclic) bond motifs is 2. The Kier molecular flexibility index (Phi) is 5.41. The van der Waals surface area contributed by atoms with Gasteiger partial charge < -0.3 is 9.73 Å². The molecule has 0 unspecified atom stereocenters. The minimum Gasteiger partial charge on any atom is -0.463 e. The standard InChI is InChI=1S/C21H16N4O4S/c22-9-15-13-5-2-4-8-17(13)30-21(15)24-19(27)20(28)25-23-10-12-11-29-16-7-3-1-6-14(16)18(12)26/h1,3,6-7,10-11H,2,4-5,8H2,(H,24,27)(H,25,28). The molecule has 0 fully saturated rings. The summed E-state index contributed by atoms with van der Waals surface area (Å²) in [6.45, 7) is 0. The summed E-state index contributed by atoms with van der Waals surface area (Å²) in [6.07, 6.45) is 6.07. The van der Waals surface area contributed by atoms with E-state index in [2.05, 4.69) is 21.9 Å². The highest BCUT2D eigenvalue weighted by molar-refractivity contribution is 7.16. The fraction of sp³-hybridized carbons (Fsp3) is 0.190. The van der Waals surface area contributed by atoms with Gasteiger partial charge in [0, 0.05) is 4.88 Å². The smallest absolute Gasteiger partial charge is 0.329 e. The van der Waals surface area contributed by atoms with E-state index in [4.69, 9.17) is 4.42 Å². The predicted octanol–water partition coefficient (Wildman–Crippen LogP) is 2.69. The average Bonchev–Trinajstić information content (AvgIpc) is 3.12. The Labute approximate surface area is 174 Å². The Morgan fingerprint density at radius 3 is 2.83 bits per heavy atom. The van der Waals surface area contributed by atoms with E-state index in [1.165, 1.54) is 17.6 Å². The van der Waals surface area contributed by atoms with Crippen molar-refractivity contribution >= 4 is 45.3 Å². The molecule has 4 rings (SSSR count). The van der Waals surface area contributed by atoms with Crippen LogP contribution in [0, 0.1) is 11.3 Å². The summed E-state index contributed by atoms with van der Waals surface area (Å²) in [5.41, 5.74) is 3.74. The van der Waals surface area contributed by atoms with Crippen molar-refractivity contribution < 1.29 is 14.0 Å². The van der Waals surface area contributed by atoms with Crippen molar-refractivity contribution in [3.63, 3.8) is 0 Å². The minimum absolute atomic E-state index is 0.132. The summed E-state index contributed by atoms with van der Waals surface area (Å²) >= 11 is 1.33. The van der Waals surface area contributed by atoms with Crippen LogP contribution in [0.2, 0.25) is 0 Å². The van der Waals surface area contributed by atoms with E-state index in [9.17, 15) is 19.6 Å². The van der Waals surface area contributed by atoms with Gasteiger partial charge in [-0.15, -0.1) is 11.3 Å². The molecule has 150 valence electrons. The van der Waals surface area contributed by atoms with E-state index in [-0.39, 0.29) is 11.0 Å². The summed E-state index contributed by atoms with van der Waals surface area (Å²) in [6, 6.07) is 8.88. The van der Waals surface area contributed by atoms with Gasteiger partial charge in [0.05, 0.1) is 22.7 Å². The summed E-state index contributed by atoms with van der Waals surface area (Å²) in [4.78, 5) is 37.7. The van der Waals surface area contributed by atoms with Gasteiger partial charge in [0.15, 0.2) is 0 Å². The molecule has 2 amide bonds. The number of thiophene rings is 1. The number of aryl methyl sites for hydroxylation is 1. The predicted molar refractivity (Wildman–Crippen MR) is 113 cm³/mol. The third-order valence-corrected chi connectivity index (χ3v) is 6.00. The Morgan fingerprint density at radius 2 is 2.00 bits per heavy atom. The van der Waals surface area contributed by atoms with Crippen molar-refractivity contribution in [2.75, 3.05) is 5.32 Å². The normalized spacial score (nSPS) is 13.0. The third kappa shape index (κ3) is 3.73. The van der Waals surface area contributed by atoms with Crippen LogP contribution in [-0.2, 0) is 22.4 Å². The van der Waals surface area contributed by atoms with Crippen molar-refractivity contribution in [2.45, 2.75) is 25.7 Å². The van der Waals surface area contributed by atoms with Crippen molar-refractivity contribution in [1.82, 2.24) is 5.43 Å². The first-order chi connectivity index (χ1) is 14.6. The number of para-hydroxylation sites is 1. The SMILES string of the molecule is N#Cc1c(NC(=O)C(=O)NN=Cc2coc3ccccc3c2=O)sc2c1CCCC2. The zero-order chi connectivity index (χ0) is 21.1. The van der Waals surface area contributed by atoms with Crippen molar-refractivity contribution in [3.05, 3.63) is 62.3 Å². The van der Waals surface area contributed by atoms with Crippen molar-refractivity contribution in [2.24, 2.45) is 5.10 Å². The van der Waals surface area contributed by atoms with Gasteiger partial charge in [0.2, 0.25) is 5.43 Å². The number of benzene rings is 1. The second-order valence-electron chi connectivity index (χ2n) is 6.70. The lowest BCUT2D eigenvalue weighted by Crippen LogP contribution is -2.32. The Balaban J connectivity index is 1.44. The zero-order valence-electron chi connectivity index (χ0n) is 15.7. The number of hydrogen-bond acceptors (Lipinski definition) is 7. The molecule has 1 aliphatic rings. The largest absolute Gasteiger partial charge is 0.463 e. The average molecular weight is 420 g/mol. The Hall–Kier alpha value is -3.77. The maximum Gasteiger partial charge on any atom is 0.329 e. The Bertz CT molecular complexity index is 1280. The van der Waals surface area contributed by atoms with Crippen molar-refractivity contribution in [1.29, 1.82) is 5.26 Å². The van der Waals surface area contributed by atoms with Gasteiger partial charge in [-0.25, -0.2) is 5.43 Å². The lowest BCUT2D eigenvalue weighted by molar-refractivity contribution is -0.136. The summed E-state index contributed by atoms with van der Waals surface area (Å²) in [7, 11) is 0. The molecule has 8 nitrogen and oxygen atoms in total. The molecule has 3 aromatic rings. The number of nitrogens with one attached hydrogen (secondary N) is 2. The maximum absolute atomic E-state index is 12.4. The number of anilines is 1. The van der Waals surface area contributed by atoms with Crippen LogP contribution in [0.25, 0.3) is 11.0 Å². The van der Waals surface area contributed by atoms with Gasteiger partial charge in [-0.3, -0.25) is 14.4 Å². The van der Waals surface area contributed by atoms with Gasteiger partial charge in [0.25, 0.3) is 0 Å². The summed E-state index contributed by atoms with van der Waals surface area (Å²) in [5.74, 6) is -1.94. The van der Waals surface area contributed by atoms with Crippen LogP contribution < -0.4 is 16.2 Å². The number of nitrogens with zero attached hydrogens (tertiary/aromatic N) is 2. The highest BCUT2D eigenvalue weighted by Crippen LogP contribution is 2.37. The Morgan fingerprint density at radius 1 is 1.20 bits per heavy atom. The second-order valence-corrected chi connectivity index (χ2v) is 7.80. The summed E-state index contributed by atoms with van der Waals surface area (Å²) in [5, 5.41) is 16.4. The first kappa shape index (κ1) is 19.5. The van der Waals surface area contributed by atoms with Gasteiger partial charge in [-0.1, -0.05) is 12.1 Å². The number of hydrogen-bond donors (Lipinski definition) is 2. The van der Waals surface area contributed by atoms with Gasteiger partial charge in [-0.2, -0.15) is 10.4 Å². The monoisotopic (exact) mass is 420 g/mol. The molecule has 0 saturated heterocycles. The molecule has 1 aromatic carbocycles. The van der Waals surface area contributed by atoms with Crippen molar-refractivity contribution in [3.8, 4) is 6.07 Å². The van der Waals surface area contributed by atoms with E-state index >= 15 is 0 Å². The van der Waals surface area contributed by atoms with Crippen LogP contribution in [0.1, 0.15) is 34.4 Å². The molecule has 2 aromatic heterocycles. The summed E-state index contributed by atoms with van der Waals surface area (Å²) < 4.78 is 5.36. The fourth-order valence-corrected chi connectivity index (χ4v) is 4.56. The van der Waals surface area contributed by atoms with Gasteiger partial charge >= 0.3 is 11.8 Å². The van der Waals surface area contributed by atoms with E-state index < -0.39 is 11.8 Å². The molecule has 0 radical (unpaired) electrons. The molecular formula is C21H16N4O4S. The minimum atomic E-state index is -1.01. The lowest BCUT2D eigenvalue weighted by Gasteiger charge is -2.09. The molecule has 2 N–H and O–H groups in total. The quantitative estimate of drug-likeness (QED) is 0.383. The van der Waals surface area contributed by atoms with E-state index in [0.29, 0.717) is 21.5 Å². The molecule has 0 aliphatic heterocycles. The van der Waals surface area contributed by atoms with Gasteiger partial charge in [-0.05, 0) is 43.4 Å². The second kappa shape index (κ2) is 8.31. The zero-order valence-corrected chi connectivity index (χ0v) is 16.5. The number of hydrazone groups is 1. The van der Waals surface area contributed by atoms with Crippen LogP contribution in [0.5, 0.6) is 0 Å². The molecule has 0 bridgehead atoms. The third-order valence-electron chi connectivity index (χ3n) is 4.79. The number of nitriles is 1. The highest BCUT2D eigenvalue weighted by Gasteiger charge is 2.23. The first-order valence-electron chi connectivity index (χ1n) is 9.28. The van der Waals surface area contributed by atoms with E-state index in [1.807, 2.05) is 0 Å².